The van der Waals surface area contributed by atoms with Gasteiger partial charge in [0, 0.05) is 6.61 Å². The Balaban J connectivity index is 1.85. The summed E-state index contributed by atoms with van der Waals surface area (Å²) in [5, 5.41) is 1.91. The second kappa shape index (κ2) is 5.80. The molecule has 24 heavy (non-hydrogen) atoms. The third kappa shape index (κ3) is 3.01. The molecule has 1 N–H and O–H groups in total. The third-order valence-electron chi connectivity index (χ3n) is 4.24. The van der Waals surface area contributed by atoms with Gasteiger partial charge in [-0.15, -0.1) is 0 Å². The summed E-state index contributed by atoms with van der Waals surface area (Å²) in [5.74, 6) is -3.10. The molecule has 138 valence electrons. The summed E-state index contributed by atoms with van der Waals surface area (Å²) in [5.41, 5.74) is -0.974. The lowest BCUT2D eigenvalue weighted by atomic mass is 9.88. The fourth-order valence-corrected chi connectivity index (χ4v) is 3.28. The predicted molar refractivity (Wildman–Crippen MR) is 71.9 cm³/mol. The topological polar surface area (TPSA) is 75.2 Å². The summed E-state index contributed by atoms with van der Waals surface area (Å²) < 4.78 is 66.1. The van der Waals surface area contributed by atoms with Crippen LogP contribution in [0.4, 0.5) is 13.2 Å². The van der Waals surface area contributed by atoms with Crippen LogP contribution in [0.25, 0.3) is 0 Å². The van der Waals surface area contributed by atoms with E-state index in [1.807, 2.05) is 12.2 Å². The van der Waals surface area contributed by atoms with Crippen molar-refractivity contribution < 1.29 is 41.7 Å². The normalized spacial score (nSPS) is 40.4. The van der Waals surface area contributed by atoms with Crippen molar-refractivity contribution in [1.29, 1.82) is 0 Å². The smallest absolute Gasteiger partial charge is 0.379 e. The number of rotatable bonds is 4. The van der Waals surface area contributed by atoms with Crippen LogP contribution >= 0.6 is 0 Å². The van der Waals surface area contributed by atoms with E-state index in [1.54, 1.807) is 13.8 Å². The van der Waals surface area contributed by atoms with E-state index in [1.165, 1.54) is 0 Å². The molecular weight excluding hydrogens is 335 g/mol. The van der Waals surface area contributed by atoms with Crippen LogP contribution in [0, 0.1) is 0 Å². The molecule has 3 aliphatic rings. The molecule has 3 saturated heterocycles. The quantitative estimate of drug-likeness (QED) is 0.801. The molecule has 7 nitrogen and oxygen atoms in total. The molecule has 0 aromatic carbocycles. The second-order valence-corrected chi connectivity index (χ2v) is 6.52. The molecule has 3 heterocycles. The van der Waals surface area contributed by atoms with Crippen molar-refractivity contribution in [3.8, 4) is 0 Å². The van der Waals surface area contributed by atoms with Crippen LogP contribution < -0.4 is 5.32 Å². The molecule has 0 saturated carbocycles. The maximum atomic E-state index is 12.6. The first kappa shape index (κ1) is 17.9. The monoisotopic (exact) mass is 355 g/mol. The van der Waals surface area contributed by atoms with Crippen LogP contribution in [-0.2, 0) is 28.5 Å². The number of ether oxygens (including phenoxy) is 5. The largest absolute Gasteiger partial charge is 0.471 e. The highest BCUT2D eigenvalue weighted by Crippen LogP contribution is 2.46. The number of halogens is 3. The van der Waals surface area contributed by atoms with Crippen LogP contribution in [0.2, 0.25) is 0 Å². The first-order valence-corrected chi connectivity index (χ1v) is 7.68. The average molecular weight is 355 g/mol. The Kier molecular flexibility index (Phi) is 4.32. The Morgan fingerprint density at radius 3 is 2.62 bits per heavy atom. The Morgan fingerprint density at radius 1 is 1.29 bits per heavy atom. The highest BCUT2D eigenvalue weighted by Gasteiger charge is 2.66. The highest BCUT2D eigenvalue weighted by atomic mass is 19.4. The summed E-state index contributed by atoms with van der Waals surface area (Å²) in [6, 6.07) is -1.14. The maximum absolute atomic E-state index is 12.6. The van der Waals surface area contributed by atoms with Crippen LogP contribution in [0.15, 0.2) is 0 Å². The fourth-order valence-electron chi connectivity index (χ4n) is 3.28. The van der Waals surface area contributed by atoms with Crippen LogP contribution in [0.1, 0.15) is 20.8 Å². The van der Waals surface area contributed by atoms with Crippen molar-refractivity contribution in [3.05, 3.63) is 0 Å². The van der Waals surface area contributed by atoms with E-state index in [9.17, 15) is 18.0 Å². The Bertz CT molecular complexity index is 513. The molecule has 10 heteroatoms. The van der Waals surface area contributed by atoms with E-state index in [-0.39, 0.29) is 13.2 Å². The third-order valence-corrected chi connectivity index (χ3v) is 4.24. The van der Waals surface area contributed by atoms with E-state index in [4.69, 9.17) is 23.7 Å². The molecule has 3 aliphatic heterocycles. The fraction of sp³-hybridized carbons (Fsp3) is 0.929. The van der Waals surface area contributed by atoms with Crippen molar-refractivity contribution in [3.63, 3.8) is 0 Å². The standard InChI is InChI=1S/C14H20F3NO6/c1-4-20-5-13-6-21-10(24-13)7(18-11(19)14(15,16)17)8-9(13)23-12(2,3)22-8/h7-10H,4-6H2,1-3H3,(H,18,19)/t7-,8-,9-,10+,13+/m1/s1. The van der Waals surface area contributed by atoms with Gasteiger partial charge < -0.3 is 29.0 Å². The first-order chi connectivity index (χ1) is 11.1. The van der Waals surface area contributed by atoms with Gasteiger partial charge in [-0.1, -0.05) is 0 Å². The van der Waals surface area contributed by atoms with Gasteiger partial charge in [0.1, 0.15) is 23.9 Å². The molecule has 3 rings (SSSR count). The number of fused-ring (bicyclic) bond motifs is 4. The zero-order valence-corrected chi connectivity index (χ0v) is 13.5. The van der Waals surface area contributed by atoms with Gasteiger partial charge in [-0.05, 0) is 20.8 Å². The lowest BCUT2D eigenvalue weighted by Gasteiger charge is -2.42. The molecule has 5 atom stereocenters. The predicted octanol–water partition coefficient (Wildman–Crippen LogP) is 0.715. The highest BCUT2D eigenvalue weighted by molar-refractivity contribution is 5.82. The van der Waals surface area contributed by atoms with Gasteiger partial charge in [-0.25, -0.2) is 0 Å². The minimum absolute atomic E-state index is 0.0800. The van der Waals surface area contributed by atoms with Gasteiger partial charge in [-0.3, -0.25) is 4.79 Å². The Hall–Kier alpha value is -0.940. The number of nitrogens with one attached hydrogen (secondary N) is 1. The molecule has 2 bridgehead atoms. The SMILES string of the molecule is CCOC[C@@]12CO[C@@H](O1)[C@H](NC(=O)C(F)(F)F)[C@H]1OC(C)(C)O[C@H]12. The van der Waals surface area contributed by atoms with Gasteiger partial charge in [-0.2, -0.15) is 13.2 Å². The van der Waals surface area contributed by atoms with Gasteiger partial charge >= 0.3 is 12.1 Å². The van der Waals surface area contributed by atoms with E-state index in [2.05, 4.69) is 0 Å². The van der Waals surface area contributed by atoms with Crippen molar-refractivity contribution in [2.24, 2.45) is 0 Å². The van der Waals surface area contributed by atoms with E-state index in [0.717, 1.165) is 0 Å². The summed E-state index contributed by atoms with van der Waals surface area (Å²) in [4.78, 5) is 11.3. The molecule has 0 aliphatic carbocycles. The molecule has 0 aromatic heterocycles. The molecule has 0 aromatic rings. The molecule has 3 fully saturated rings. The number of alkyl halides is 3. The Morgan fingerprint density at radius 2 is 2.00 bits per heavy atom. The number of carbonyl (C=O) groups excluding carboxylic acids is 1. The van der Waals surface area contributed by atoms with E-state index < -0.39 is 48.0 Å². The number of hydrogen-bond donors (Lipinski definition) is 1. The average Bonchev–Trinajstić information content (AvgIpc) is 3.01. The Labute approximate surface area is 136 Å². The first-order valence-electron chi connectivity index (χ1n) is 7.68. The van der Waals surface area contributed by atoms with Crippen molar-refractivity contribution in [1.82, 2.24) is 5.32 Å². The molecule has 1 amide bonds. The van der Waals surface area contributed by atoms with Gasteiger partial charge in [0.2, 0.25) is 0 Å². The van der Waals surface area contributed by atoms with Crippen molar-refractivity contribution in [2.45, 2.75) is 62.9 Å². The second-order valence-electron chi connectivity index (χ2n) is 6.52. The minimum atomic E-state index is -5.01. The van der Waals surface area contributed by atoms with Crippen LogP contribution in [0.3, 0.4) is 0 Å². The minimum Gasteiger partial charge on any atom is -0.379 e. The van der Waals surface area contributed by atoms with Crippen LogP contribution in [-0.4, -0.2) is 67.8 Å². The van der Waals surface area contributed by atoms with E-state index in [0.29, 0.717) is 6.61 Å². The van der Waals surface area contributed by atoms with Gasteiger partial charge in [0.25, 0.3) is 0 Å². The molecule has 0 radical (unpaired) electrons. The maximum Gasteiger partial charge on any atom is 0.471 e. The summed E-state index contributed by atoms with van der Waals surface area (Å²) in [6.07, 6.45) is -7.64. The summed E-state index contributed by atoms with van der Waals surface area (Å²) >= 11 is 0. The zero-order chi connectivity index (χ0) is 17.8. The lowest BCUT2D eigenvalue weighted by Crippen LogP contribution is -2.66. The number of hydrogen-bond acceptors (Lipinski definition) is 6. The number of carbonyl (C=O) groups is 1. The van der Waals surface area contributed by atoms with Gasteiger partial charge in [0.05, 0.1) is 13.2 Å². The molecule has 0 unspecified atom stereocenters. The van der Waals surface area contributed by atoms with Crippen LogP contribution in [0.5, 0.6) is 0 Å². The van der Waals surface area contributed by atoms with E-state index >= 15 is 0 Å². The zero-order valence-electron chi connectivity index (χ0n) is 13.5. The summed E-state index contributed by atoms with van der Waals surface area (Å²) in [6.45, 7) is 5.78. The number of amides is 1. The molecular formula is C14H20F3NO6. The lowest BCUT2D eigenvalue weighted by molar-refractivity contribution is -0.217. The summed E-state index contributed by atoms with van der Waals surface area (Å²) in [7, 11) is 0. The van der Waals surface area contributed by atoms with Crippen molar-refractivity contribution >= 4 is 5.91 Å². The van der Waals surface area contributed by atoms with Gasteiger partial charge in [0.15, 0.2) is 12.1 Å². The molecule has 0 spiro atoms. The van der Waals surface area contributed by atoms with Crippen molar-refractivity contribution in [2.75, 3.05) is 19.8 Å².